The van der Waals surface area contributed by atoms with Gasteiger partial charge in [0.15, 0.2) is 5.78 Å². The summed E-state index contributed by atoms with van der Waals surface area (Å²) in [5.74, 6) is 0.372. The maximum atomic E-state index is 12.9. The quantitative estimate of drug-likeness (QED) is 0.764. The molecule has 2 aliphatic rings. The van der Waals surface area contributed by atoms with E-state index >= 15 is 0 Å². The normalized spacial score (nSPS) is 27.3. The van der Waals surface area contributed by atoms with E-state index in [9.17, 15) is 9.90 Å². The zero-order valence-electron chi connectivity index (χ0n) is 14.3. The summed E-state index contributed by atoms with van der Waals surface area (Å²) >= 11 is 3.84. The van der Waals surface area contributed by atoms with E-state index < -0.39 is 0 Å². The predicted octanol–water partition coefficient (Wildman–Crippen LogP) is 4.81. The van der Waals surface area contributed by atoms with E-state index in [1.54, 1.807) is 24.3 Å². The smallest absolute Gasteiger partial charge is 0.179 e. The molecule has 2 aliphatic heterocycles. The number of phenols is 1. The van der Waals surface area contributed by atoms with Crippen LogP contribution in [0, 0.1) is 0 Å². The third-order valence-corrected chi connectivity index (χ3v) is 7.83. The molecule has 0 saturated carbocycles. The average molecular weight is 374 g/mol. The Morgan fingerprint density at radius 2 is 1.88 bits per heavy atom. The fourth-order valence-electron chi connectivity index (χ4n) is 4.39. The van der Waals surface area contributed by atoms with Crippen LogP contribution in [0.15, 0.2) is 46.0 Å². The van der Waals surface area contributed by atoms with Crippen molar-refractivity contribution in [2.45, 2.75) is 60.2 Å². The number of ketones is 1. The minimum atomic E-state index is -0.0882. The molecule has 3 heterocycles. The lowest BCUT2D eigenvalue weighted by atomic mass is 9.96. The first-order valence-electron chi connectivity index (χ1n) is 8.92. The summed E-state index contributed by atoms with van der Waals surface area (Å²) in [7, 11) is 0. The number of Topliss-reactive ketones (excluding diaryl/α,β-unsaturated/α-hetero) is 1. The number of thiophene rings is 1. The highest BCUT2D eigenvalue weighted by atomic mass is 32.2. The first-order chi connectivity index (χ1) is 12.1. The summed E-state index contributed by atoms with van der Waals surface area (Å²) < 4.78 is 1.41. The highest BCUT2D eigenvalue weighted by molar-refractivity contribution is 8.01. The van der Waals surface area contributed by atoms with Crippen LogP contribution in [0.3, 0.4) is 0 Å². The zero-order chi connectivity index (χ0) is 17.4. The summed E-state index contributed by atoms with van der Waals surface area (Å²) in [6.07, 6.45) is 4.76. The van der Waals surface area contributed by atoms with Gasteiger partial charge in [0.2, 0.25) is 0 Å². The van der Waals surface area contributed by atoms with E-state index in [0.29, 0.717) is 22.9 Å². The molecule has 25 heavy (non-hydrogen) atoms. The number of hydrogen-bond donors (Lipinski definition) is 1. The van der Waals surface area contributed by atoms with Crippen molar-refractivity contribution in [3.8, 4) is 5.75 Å². The van der Waals surface area contributed by atoms with E-state index in [1.807, 2.05) is 30.0 Å². The van der Waals surface area contributed by atoms with Gasteiger partial charge in [0.25, 0.3) is 0 Å². The topological polar surface area (TPSA) is 40.5 Å². The van der Waals surface area contributed by atoms with Crippen LogP contribution in [0.5, 0.6) is 5.75 Å². The number of thioether (sulfide) groups is 1. The molecule has 5 heteroatoms. The molecule has 0 spiro atoms. The molecule has 3 atom stereocenters. The highest BCUT2D eigenvalue weighted by Gasteiger charge is 2.44. The van der Waals surface area contributed by atoms with Crippen LogP contribution in [0.25, 0.3) is 0 Å². The number of rotatable bonds is 5. The highest BCUT2D eigenvalue weighted by Crippen LogP contribution is 2.44. The number of aromatic hydroxyl groups is 1. The van der Waals surface area contributed by atoms with Gasteiger partial charge in [-0.3, -0.25) is 9.69 Å². The number of carbonyl (C=O) groups is 1. The Kier molecular flexibility index (Phi) is 4.89. The number of piperidine rings is 1. The van der Waals surface area contributed by atoms with Crippen molar-refractivity contribution in [3.63, 3.8) is 0 Å². The van der Waals surface area contributed by atoms with Crippen LogP contribution in [0.1, 0.15) is 43.0 Å². The van der Waals surface area contributed by atoms with Crippen molar-refractivity contribution in [2.75, 3.05) is 0 Å². The summed E-state index contributed by atoms with van der Waals surface area (Å²) in [6, 6.07) is 11.9. The van der Waals surface area contributed by atoms with Gasteiger partial charge in [-0.25, -0.2) is 0 Å². The van der Waals surface area contributed by atoms with Gasteiger partial charge in [-0.15, -0.1) is 23.1 Å². The second-order valence-corrected chi connectivity index (χ2v) is 9.61. The first kappa shape index (κ1) is 17.1. The van der Waals surface area contributed by atoms with Crippen molar-refractivity contribution in [2.24, 2.45) is 0 Å². The van der Waals surface area contributed by atoms with Crippen LogP contribution < -0.4 is 0 Å². The van der Waals surface area contributed by atoms with Crippen LogP contribution >= 0.6 is 23.1 Å². The molecule has 2 aromatic rings. The molecule has 2 saturated heterocycles. The van der Waals surface area contributed by atoms with Gasteiger partial charge in [0.1, 0.15) is 5.75 Å². The van der Waals surface area contributed by atoms with Gasteiger partial charge >= 0.3 is 0 Å². The van der Waals surface area contributed by atoms with Gasteiger partial charge in [0, 0.05) is 22.9 Å². The summed E-state index contributed by atoms with van der Waals surface area (Å²) in [5, 5.41) is 12.2. The largest absolute Gasteiger partial charge is 0.508 e. The van der Waals surface area contributed by atoms with E-state index in [2.05, 4.69) is 22.4 Å². The molecule has 4 rings (SSSR count). The van der Waals surface area contributed by atoms with Crippen LogP contribution in [-0.4, -0.2) is 39.2 Å². The molecular weight excluding hydrogens is 350 g/mol. The van der Waals surface area contributed by atoms with E-state index in [4.69, 9.17) is 0 Å². The molecule has 2 fully saturated rings. The van der Waals surface area contributed by atoms with Crippen LogP contribution in [-0.2, 0) is 0 Å². The van der Waals surface area contributed by atoms with Crippen LogP contribution in [0.2, 0.25) is 0 Å². The monoisotopic (exact) mass is 373 g/mol. The van der Waals surface area contributed by atoms with Gasteiger partial charge in [-0.1, -0.05) is 6.07 Å². The molecular formula is C20H23NO2S2. The number of carbonyl (C=O) groups excluding carboxylic acids is 1. The lowest BCUT2D eigenvalue weighted by Crippen LogP contribution is -2.51. The lowest BCUT2D eigenvalue weighted by Gasteiger charge is -2.41. The van der Waals surface area contributed by atoms with Crippen molar-refractivity contribution in [1.82, 2.24) is 4.90 Å². The van der Waals surface area contributed by atoms with E-state index in [-0.39, 0.29) is 17.6 Å². The number of hydrogen-bond acceptors (Lipinski definition) is 5. The minimum Gasteiger partial charge on any atom is -0.508 e. The van der Waals surface area contributed by atoms with Crippen molar-refractivity contribution < 1.29 is 9.90 Å². The number of nitrogens with zero attached hydrogens (tertiary/aromatic N) is 1. The second kappa shape index (κ2) is 7.14. The SMILES string of the molecule is CC(C(=O)c1ccc(O)cc1)N1C2CCC1CC(Sc1cccs1)C2. The molecule has 0 aliphatic carbocycles. The molecule has 3 nitrogen and oxygen atoms in total. The molecule has 2 bridgehead atoms. The maximum absolute atomic E-state index is 12.9. The third kappa shape index (κ3) is 3.50. The number of benzene rings is 1. The zero-order valence-corrected chi connectivity index (χ0v) is 15.9. The Morgan fingerprint density at radius 1 is 1.20 bits per heavy atom. The van der Waals surface area contributed by atoms with E-state index in [0.717, 1.165) is 0 Å². The maximum Gasteiger partial charge on any atom is 0.179 e. The Hall–Kier alpha value is -1.30. The number of fused-ring (bicyclic) bond motifs is 2. The Morgan fingerprint density at radius 3 is 2.48 bits per heavy atom. The molecule has 1 aromatic carbocycles. The van der Waals surface area contributed by atoms with Gasteiger partial charge in [-0.05, 0) is 68.3 Å². The summed E-state index contributed by atoms with van der Waals surface area (Å²) in [4.78, 5) is 15.4. The predicted molar refractivity (Wildman–Crippen MR) is 104 cm³/mol. The lowest BCUT2D eigenvalue weighted by molar-refractivity contribution is 0.0650. The van der Waals surface area contributed by atoms with Crippen molar-refractivity contribution >= 4 is 28.9 Å². The summed E-state index contributed by atoms with van der Waals surface area (Å²) in [5.41, 5.74) is 0.694. The average Bonchev–Trinajstić information content (AvgIpc) is 3.20. The van der Waals surface area contributed by atoms with Gasteiger partial charge < -0.3 is 5.11 Å². The van der Waals surface area contributed by atoms with Crippen LogP contribution in [0.4, 0.5) is 0 Å². The molecule has 0 radical (unpaired) electrons. The summed E-state index contributed by atoms with van der Waals surface area (Å²) in [6.45, 7) is 2.05. The number of phenolic OH excluding ortho intramolecular Hbond substituents is 1. The molecule has 1 N–H and O–H groups in total. The molecule has 132 valence electrons. The third-order valence-electron chi connectivity index (χ3n) is 5.50. The van der Waals surface area contributed by atoms with Crippen molar-refractivity contribution in [1.29, 1.82) is 0 Å². The molecule has 1 aromatic heterocycles. The van der Waals surface area contributed by atoms with Gasteiger partial charge in [-0.2, -0.15) is 0 Å². The standard InChI is InChI=1S/C20H23NO2S2/c1-13(20(23)14-4-8-17(22)9-5-14)21-15-6-7-16(21)12-18(11-15)25-19-3-2-10-24-19/h2-5,8-10,13,15-16,18,22H,6-7,11-12H2,1H3. The minimum absolute atomic E-state index is 0.0882. The van der Waals surface area contributed by atoms with Crippen molar-refractivity contribution in [3.05, 3.63) is 47.3 Å². The fraction of sp³-hybridized carbons (Fsp3) is 0.450. The Bertz CT molecular complexity index is 715. The Labute approximate surface area is 157 Å². The van der Waals surface area contributed by atoms with Gasteiger partial charge in [0.05, 0.1) is 10.3 Å². The second-order valence-electron chi connectivity index (χ2n) is 7.06. The molecule has 3 unspecified atom stereocenters. The molecule has 0 amide bonds. The van der Waals surface area contributed by atoms with E-state index in [1.165, 1.54) is 29.9 Å². The first-order valence-corrected chi connectivity index (χ1v) is 10.7. The Balaban J connectivity index is 1.45. The fourth-order valence-corrected chi connectivity index (χ4v) is 6.76.